The molecule has 4 radical (unpaired) electrons. The van der Waals surface area contributed by atoms with Crippen LogP contribution in [0.15, 0.2) is 17.1 Å². The molecule has 0 fully saturated rings. The van der Waals surface area contributed by atoms with Gasteiger partial charge in [-0.15, -0.1) is 0 Å². The van der Waals surface area contributed by atoms with Gasteiger partial charge < -0.3 is 5.73 Å². The van der Waals surface area contributed by atoms with Crippen LogP contribution in [0.1, 0.15) is 0 Å². The van der Waals surface area contributed by atoms with Crippen molar-refractivity contribution in [2.24, 2.45) is 0 Å². The SMILES string of the molecule is Nc1ccnc(=O)[nH]1.[Sn]. The number of hydrogen-bond acceptors (Lipinski definition) is 3. The summed E-state index contributed by atoms with van der Waals surface area (Å²) in [4.78, 5) is 15.9. The van der Waals surface area contributed by atoms with E-state index in [9.17, 15) is 4.79 Å². The van der Waals surface area contributed by atoms with Gasteiger partial charge in [0.25, 0.3) is 0 Å². The normalized spacial score (nSPS) is 8.00. The molecule has 5 heteroatoms. The van der Waals surface area contributed by atoms with Crippen molar-refractivity contribution in [3.05, 3.63) is 22.7 Å². The third kappa shape index (κ3) is 2.50. The molecule has 0 spiro atoms. The Morgan fingerprint density at radius 2 is 2.33 bits per heavy atom. The number of aromatic amines is 1. The monoisotopic (exact) mass is 231 g/mol. The Labute approximate surface area is 68.5 Å². The quantitative estimate of drug-likeness (QED) is 0.559. The minimum Gasteiger partial charge on any atom is -0.385 e. The van der Waals surface area contributed by atoms with E-state index in [1.165, 1.54) is 12.3 Å². The second kappa shape index (κ2) is 3.49. The molecular weight excluding hydrogens is 225 g/mol. The van der Waals surface area contributed by atoms with Crippen LogP contribution in [0.4, 0.5) is 5.82 Å². The van der Waals surface area contributed by atoms with Gasteiger partial charge in [0.15, 0.2) is 0 Å². The molecule has 0 bridgehead atoms. The molecule has 9 heavy (non-hydrogen) atoms. The van der Waals surface area contributed by atoms with Crippen LogP contribution in [-0.2, 0) is 0 Å². The Morgan fingerprint density at radius 1 is 1.67 bits per heavy atom. The summed E-state index contributed by atoms with van der Waals surface area (Å²) in [6, 6.07) is 1.52. The molecule has 0 amide bonds. The molecule has 0 atom stereocenters. The fourth-order valence-electron chi connectivity index (χ4n) is 0.383. The standard InChI is InChI=1S/C4H5N3O.Sn/c5-3-1-2-6-4(8)7-3;/h1-2H,(H3,5,6,7,8);. The van der Waals surface area contributed by atoms with Gasteiger partial charge in [-0.25, -0.2) is 9.78 Å². The second-order valence-electron chi connectivity index (χ2n) is 1.33. The molecular formula is C4H5N3OSn. The summed E-state index contributed by atoms with van der Waals surface area (Å²) in [5.74, 6) is 0.338. The molecule has 0 unspecified atom stereocenters. The van der Waals surface area contributed by atoms with Crippen molar-refractivity contribution in [1.82, 2.24) is 9.97 Å². The van der Waals surface area contributed by atoms with E-state index in [0.717, 1.165) is 0 Å². The van der Waals surface area contributed by atoms with Crippen molar-refractivity contribution in [3.8, 4) is 0 Å². The third-order valence-corrected chi connectivity index (χ3v) is 0.697. The van der Waals surface area contributed by atoms with E-state index in [4.69, 9.17) is 5.73 Å². The Balaban J connectivity index is 0.000000640. The summed E-state index contributed by atoms with van der Waals surface area (Å²) in [6.45, 7) is 0. The number of H-pyrrole nitrogens is 1. The van der Waals surface area contributed by atoms with Crippen LogP contribution in [0.3, 0.4) is 0 Å². The Kier molecular flexibility index (Phi) is 3.29. The fraction of sp³-hybridized carbons (Fsp3) is 0. The van der Waals surface area contributed by atoms with Crippen molar-refractivity contribution in [2.45, 2.75) is 0 Å². The summed E-state index contributed by atoms with van der Waals surface area (Å²) < 4.78 is 0. The van der Waals surface area contributed by atoms with Crippen LogP contribution in [0.2, 0.25) is 0 Å². The first-order valence-electron chi connectivity index (χ1n) is 2.10. The molecule has 46 valence electrons. The van der Waals surface area contributed by atoms with E-state index >= 15 is 0 Å². The van der Waals surface area contributed by atoms with Crippen LogP contribution < -0.4 is 11.4 Å². The largest absolute Gasteiger partial charge is 0.385 e. The van der Waals surface area contributed by atoms with Gasteiger partial charge in [-0.1, -0.05) is 0 Å². The fourth-order valence-corrected chi connectivity index (χ4v) is 0.383. The molecule has 3 N–H and O–H groups in total. The number of nitrogens with two attached hydrogens (primary N) is 1. The molecule has 1 aromatic rings. The molecule has 0 saturated carbocycles. The number of rotatable bonds is 0. The van der Waals surface area contributed by atoms with Gasteiger partial charge in [-0.3, -0.25) is 4.98 Å². The van der Waals surface area contributed by atoms with Crippen LogP contribution in [-0.4, -0.2) is 33.9 Å². The van der Waals surface area contributed by atoms with Gasteiger partial charge in [0.1, 0.15) is 5.82 Å². The van der Waals surface area contributed by atoms with Crippen molar-refractivity contribution in [1.29, 1.82) is 0 Å². The van der Waals surface area contributed by atoms with Crippen molar-refractivity contribution in [2.75, 3.05) is 5.73 Å². The number of aromatic nitrogens is 2. The van der Waals surface area contributed by atoms with Crippen molar-refractivity contribution >= 4 is 29.7 Å². The molecule has 1 aromatic heterocycles. The number of nitrogens with one attached hydrogen (secondary N) is 1. The number of hydrogen-bond donors (Lipinski definition) is 2. The van der Waals surface area contributed by atoms with E-state index in [0.29, 0.717) is 5.82 Å². The van der Waals surface area contributed by atoms with E-state index in [2.05, 4.69) is 9.97 Å². The first-order chi connectivity index (χ1) is 3.79. The molecule has 0 aliphatic carbocycles. The van der Waals surface area contributed by atoms with Gasteiger partial charge in [0.2, 0.25) is 0 Å². The third-order valence-electron chi connectivity index (χ3n) is 0.697. The molecule has 0 saturated heterocycles. The maximum Gasteiger partial charge on any atom is 0.346 e. The summed E-state index contributed by atoms with van der Waals surface area (Å²) in [6.07, 6.45) is 1.36. The summed E-state index contributed by atoms with van der Waals surface area (Å²) in [7, 11) is 0. The van der Waals surface area contributed by atoms with Gasteiger partial charge in [-0.05, 0) is 6.07 Å². The smallest absolute Gasteiger partial charge is 0.346 e. The second-order valence-corrected chi connectivity index (χ2v) is 1.33. The zero-order valence-electron chi connectivity index (χ0n) is 4.59. The van der Waals surface area contributed by atoms with Crippen molar-refractivity contribution in [3.63, 3.8) is 0 Å². The van der Waals surface area contributed by atoms with Gasteiger partial charge in [-0.2, -0.15) is 0 Å². The molecule has 0 aromatic carbocycles. The van der Waals surface area contributed by atoms with Crippen LogP contribution in [0, 0.1) is 0 Å². The predicted molar refractivity (Wildman–Crippen MR) is 35.0 cm³/mol. The van der Waals surface area contributed by atoms with Gasteiger partial charge in [0.05, 0.1) is 0 Å². The Bertz CT molecular complexity index is 233. The van der Waals surface area contributed by atoms with Gasteiger partial charge in [0, 0.05) is 30.1 Å². The molecule has 1 rings (SSSR count). The number of nitrogen functional groups attached to an aromatic ring is 1. The molecule has 1 heterocycles. The Morgan fingerprint density at radius 3 is 2.67 bits per heavy atom. The van der Waals surface area contributed by atoms with E-state index < -0.39 is 5.69 Å². The molecule has 4 nitrogen and oxygen atoms in total. The average molecular weight is 230 g/mol. The van der Waals surface area contributed by atoms with Crippen molar-refractivity contribution < 1.29 is 0 Å². The van der Waals surface area contributed by atoms with E-state index in [1.54, 1.807) is 0 Å². The van der Waals surface area contributed by atoms with Crippen LogP contribution >= 0.6 is 0 Å². The summed E-state index contributed by atoms with van der Waals surface area (Å²) in [5, 5.41) is 0. The minimum atomic E-state index is -0.412. The first kappa shape index (κ1) is 8.48. The minimum absolute atomic E-state index is 0. The Hall–Kier alpha value is -0.521. The van der Waals surface area contributed by atoms with E-state index in [-0.39, 0.29) is 23.9 Å². The first-order valence-corrected chi connectivity index (χ1v) is 2.10. The number of anilines is 1. The molecule has 0 aliphatic rings. The average Bonchev–Trinajstić information content (AvgIpc) is 1.64. The topological polar surface area (TPSA) is 71.8 Å². The zero-order chi connectivity index (χ0) is 5.98. The number of nitrogens with zero attached hydrogens (tertiary/aromatic N) is 1. The maximum absolute atomic E-state index is 10.2. The van der Waals surface area contributed by atoms with E-state index in [1.807, 2.05) is 0 Å². The zero-order valence-corrected chi connectivity index (χ0v) is 7.44. The summed E-state index contributed by atoms with van der Waals surface area (Å²) >= 11 is 0. The van der Waals surface area contributed by atoms with Crippen LogP contribution in [0.5, 0.6) is 0 Å². The molecule has 0 aliphatic heterocycles. The predicted octanol–water partition coefficient (Wildman–Crippen LogP) is -1.03. The van der Waals surface area contributed by atoms with Gasteiger partial charge >= 0.3 is 5.69 Å². The van der Waals surface area contributed by atoms with Crippen LogP contribution in [0.25, 0.3) is 0 Å². The summed E-state index contributed by atoms with van der Waals surface area (Å²) in [5.41, 5.74) is 4.75. The maximum atomic E-state index is 10.2.